The molecule has 226 valence electrons. The molecule has 1 aliphatic carbocycles. The second-order valence-corrected chi connectivity index (χ2v) is 14.4. The SMILES string of the molecule is O=C1c2sc(-c3nc(Nc4ccc(N5CC6CC5CN6)cc4C4CC4)ncc3C(F)(F)F)cc2S(=O)CCN1C1COC1. The quantitative estimate of drug-likeness (QED) is 0.415. The average Bonchev–Trinajstić information content (AvgIpc) is 3.38. The molecule has 14 heteroatoms. The van der Waals surface area contributed by atoms with Crippen LogP contribution in [-0.4, -0.2) is 81.7 Å². The Morgan fingerprint density at radius 3 is 2.65 bits per heavy atom. The molecule has 2 aromatic heterocycles. The van der Waals surface area contributed by atoms with Gasteiger partial charge in [0.2, 0.25) is 5.95 Å². The topological polar surface area (TPSA) is 99.7 Å². The first kappa shape index (κ1) is 27.5. The summed E-state index contributed by atoms with van der Waals surface area (Å²) in [5, 5.41) is 6.72. The van der Waals surface area contributed by atoms with Crippen molar-refractivity contribution >= 4 is 45.4 Å². The molecule has 2 bridgehead atoms. The number of carbonyl (C=O) groups is 1. The third kappa shape index (κ3) is 4.92. The van der Waals surface area contributed by atoms with Crippen LogP contribution in [0.5, 0.6) is 0 Å². The summed E-state index contributed by atoms with van der Waals surface area (Å²) < 4.78 is 60.9. The summed E-state index contributed by atoms with van der Waals surface area (Å²) >= 11 is 0.901. The van der Waals surface area contributed by atoms with Crippen LogP contribution < -0.4 is 15.5 Å². The van der Waals surface area contributed by atoms with Gasteiger partial charge in [-0.3, -0.25) is 9.00 Å². The van der Waals surface area contributed by atoms with E-state index < -0.39 is 22.5 Å². The zero-order valence-electron chi connectivity index (χ0n) is 23.0. The van der Waals surface area contributed by atoms with Gasteiger partial charge in [0, 0.05) is 55.0 Å². The molecule has 1 amide bonds. The molecule has 3 aromatic rings. The molecule has 3 saturated heterocycles. The average molecular weight is 631 g/mol. The van der Waals surface area contributed by atoms with Crippen molar-refractivity contribution < 1.29 is 26.9 Å². The highest BCUT2D eigenvalue weighted by atomic mass is 32.2. The lowest BCUT2D eigenvalue weighted by Crippen LogP contribution is -2.52. The number of rotatable bonds is 6. The van der Waals surface area contributed by atoms with Crippen molar-refractivity contribution in [1.82, 2.24) is 20.2 Å². The molecule has 4 aliphatic heterocycles. The van der Waals surface area contributed by atoms with E-state index >= 15 is 0 Å². The van der Waals surface area contributed by atoms with Crippen molar-refractivity contribution in [3.63, 3.8) is 0 Å². The van der Waals surface area contributed by atoms with Gasteiger partial charge in [-0.15, -0.1) is 11.3 Å². The van der Waals surface area contributed by atoms with Crippen LogP contribution in [-0.2, 0) is 21.7 Å². The lowest BCUT2D eigenvalue weighted by molar-refractivity contribution is -0.137. The summed E-state index contributed by atoms with van der Waals surface area (Å²) in [6.45, 7) is 3.04. The summed E-state index contributed by atoms with van der Waals surface area (Å²) in [6.07, 6.45) is -0.690. The number of anilines is 3. The Hall–Kier alpha value is -3.07. The first-order valence-corrected chi connectivity index (χ1v) is 16.6. The second-order valence-electron chi connectivity index (χ2n) is 11.8. The van der Waals surface area contributed by atoms with Crippen molar-refractivity contribution in [1.29, 1.82) is 0 Å². The van der Waals surface area contributed by atoms with Gasteiger partial charge in [-0.25, -0.2) is 9.97 Å². The molecule has 5 aliphatic rings. The van der Waals surface area contributed by atoms with Crippen LogP contribution in [0.3, 0.4) is 0 Å². The Morgan fingerprint density at radius 1 is 1.14 bits per heavy atom. The number of amides is 1. The maximum absolute atomic E-state index is 14.2. The molecule has 2 N–H and O–H groups in total. The summed E-state index contributed by atoms with van der Waals surface area (Å²) in [4.78, 5) is 26.5. The molecule has 3 atom stereocenters. The lowest BCUT2D eigenvalue weighted by atomic mass is 10.1. The van der Waals surface area contributed by atoms with Gasteiger partial charge in [0.25, 0.3) is 5.91 Å². The van der Waals surface area contributed by atoms with Crippen molar-refractivity contribution in [3.05, 3.63) is 46.5 Å². The highest BCUT2D eigenvalue weighted by Gasteiger charge is 2.40. The van der Waals surface area contributed by atoms with E-state index in [2.05, 4.69) is 37.6 Å². The zero-order valence-corrected chi connectivity index (χ0v) is 24.7. The maximum atomic E-state index is 14.2. The fourth-order valence-electron chi connectivity index (χ4n) is 6.49. The fraction of sp³-hybridized carbons (Fsp3) is 0.483. The minimum absolute atomic E-state index is 0.0337. The molecule has 0 radical (unpaired) electrons. The first-order valence-electron chi connectivity index (χ1n) is 14.5. The van der Waals surface area contributed by atoms with Crippen LogP contribution in [0.2, 0.25) is 0 Å². The number of aromatic nitrogens is 2. The largest absolute Gasteiger partial charge is 0.420 e. The van der Waals surface area contributed by atoms with Crippen molar-refractivity contribution in [2.45, 2.75) is 54.4 Å². The van der Waals surface area contributed by atoms with Gasteiger partial charge in [-0.1, -0.05) is 0 Å². The molecule has 1 aromatic carbocycles. The number of thiophene rings is 1. The first-order chi connectivity index (χ1) is 20.7. The number of hydrogen-bond donors (Lipinski definition) is 2. The lowest BCUT2D eigenvalue weighted by Gasteiger charge is -2.36. The van der Waals surface area contributed by atoms with Crippen molar-refractivity contribution in [2.24, 2.45) is 0 Å². The summed E-state index contributed by atoms with van der Waals surface area (Å²) in [5.74, 6) is 0.296. The molecule has 8 rings (SSSR count). The molecule has 3 unspecified atom stereocenters. The monoisotopic (exact) mass is 630 g/mol. The van der Waals surface area contributed by atoms with E-state index in [4.69, 9.17) is 4.74 Å². The van der Waals surface area contributed by atoms with E-state index in [0.717, 1.165) is 66.8 Å². The van der Waals surface area contributed by atoms with Crippen LogP contribution in [0.15, 0.2) is 35.4 Å². The van der Waals surface area contributed by atoms with E-state index in [0.29, 0.717) is 37.8 Å². The van der Waals surface area contributed by atoms with E-state index in [1.807, 2.05) is 6.07 Å². The third-order valence-electron chi connectivity index (χ3n) is 8.99. The normalized spacial score (nSPS) is 25.6. The zero-order chi connectivity index (χ0) is 29.5. The number of carbonyl (C=O) groups excluding carboxylic acids is 1. The fourth-order valence-corrected chi connectivity index (χ4v) is 9.11. The minimum Gasteiger partial charge on any atom is -0.377 e. The van der Waals surface area contributed by atoms with E-state index in [-0.39, 0.29) is 44.0 Å². The minimum atomic E-state index is -4.72. The molecular weight excluding hydrogens is 601 g/mol. The third-order valence-corrected chi connectivity index (χ3v) is 11.6. The Kier molecular flexibility index (Phi) is 6.55. The Labute approximate surface area is 252 Å². The maximum Gasteiger partial charge on any atom is 0.420 e. The second kappa shape index (κ2) is 10.2. The van der Waals surface area contributed by atoms with Gasteiger partial charge >= 0.3 is 6.18 Å². The number of hydrogen-bond acceptors (Lipinski definition) is 9. The van der Waals surface area contributed by atoms with Crippen LogP contribution in [0.1, 0.15) is 46.0 Å². The number of ether oxygens (including phenoxy) is 1. The molecule has 6 heterocycles. The Bertz CT molecular complexity index is 1640. The molecule has 4 fully saturated rings. The molecule has 0 spiro atoms. The number of halogens is 3. The number of nitrogens with zero attached hydrogens (tertiary/aromatic N) is 4. The van der Waals surface area contributed by atoms with Crippen molar-refractivity contribution in [3.8, 4) is 10.6 Å². The summed E-state index contributed by atoms with van der Waals surface area (Å²) in [7, 11) is -1.53. The predicted molar refractivity (Wildman–Crippen MR) is 157 cm³/mol. The number of piperazine rings is 1. The van der Waals surface area contributed by atoms with Crippen LogP contribution in [0, 0.1) is 0 Å². The summed E-state index contributed by atoms with van der Waals surface area (Å²) in [6, 6.07) is 8.52. The number of benzene rings is 1. The van der Waals surface area contributed by atoms with Crippen LogP contribution in [0.25, 0.3) is 10.6 Å². The standard InChI is InChI=1S/C29H29F3N6O3S2/c30-29(31,32)21-11-34-28(35-22-4-3-17(8-20(22)15-1-2-15)38-12-16-7-18(38)10-33-16)36-25(21)23-9-24-26(42-23)27(39)37(5-6-43(24)40)19-13-41-14-19/h3-4,8-9,11,15-16,18-19,33H,1-2,5-7,10,12-14H2,(H,34,35,36). The van der Waals surface area contributed by atoms with Gasteiger partial charge in [0.05, 0.1) is 45.5 Å². The van der Waals surface area contributed by atoms with Gasteiger partial charge in [0.15, 0.2) is 0 Å². The van der Waals surface area contributed by atoms with Gasteiger partial charge in [-0.2, -0.15) is 13.2 Å². The smallest absolute Gasteiger partial charge is 0.377 e. The van der Waals surface area contributed by atoms with Crippen LogP contribution in [0.4, 0.5) is 30.5 Å². The van der Waals surface area contributed by atoms with Gasteiger partial charge in [-0.05, 0) is 55.0 Å². The highest BCUT2D eigenvalue weighted by Crippen LogP contribution is 2.47. The summed E-state index contributed by atoms with van der Waals surface area (Å²) in [5.41, 5.74) is 1.71. The Balaban J connectivity index is 1.14. The number of nitrogens with one attached hydrogen (secondary N) is 2. The molecular formula is C29H29F3N6O3S2. The molecule has 9 nitrogen and oxygen atoms in total. The van der Waals surface area contributed by atoms with E-state index in [1.54, 1.807) is 4.90 Å². The van der Waals surface area contributed by atoms with Gasteiger partial charge in [0.1, 0.15) is 10.4 Å². The Morgan fingerprint density at radius 2 is 1.98 bits per heavy atom. The molecule has 1 saturated carbocycles. The van der Waals surface area contributed by atoms with Crippen molar-refractivity contribution in [2.75, 3.05) is 48.8 Å². The number of alkyl halides is 3. The van der Waals surface area contributed by atoms with E-state index in [9.17, 15) is 22.2 Å². The highest BCUT2D eigenvalue weighted by molar-refractivity contribution is 7.85. The van der Waals surface area contributed by atoms with E-state index in [1.165, 1.54) is 6.07 Å². The predicted octanol–water partition coefficient (Wildman–Crippen LogP) is 4.36. The number of fused-ring (bicyclic) bond motifs is 3. The van der Waals surface area contributed by atoms with Gasteiger partial charge < -0.3 is 25.2 Å². The van der Waals surface area contributed by atoms with Crippen LogP contribution >= 0.6 is 11.3 Å². The molecule has 43 heavy (non-hydrogen) atoms.